The Morgan fingerprint density at radius 2 is 2.00 bits per heavy atom. The van der Waals surface area contributed by atoms with Crippen molar-refractivity contribution in [2.24, 2.45) is 0 Å². The number of imide groups is 1. The summed E-state index contributed by atoms with van der Waals surface area (Å²) < 4.78 is 5.43. The number of hydrogen-bond acceptors (Lipinski definition) is 4. The molecular weight excluding hydrogens is 284 g/mol. The number of aliphatic hydroxyl groups excluding tert-OH is 1. The second kappa shape index (κ2) is 6.79. The summed E-state index contributed by atoms with van der Waals surface area (Å²) in [4.78, 5) is 25.3. The van der Waals surface area contributed by atoms with Gasteiger partial charge in [-0.25, -0.2) is 4.79 Å². The van der Waals surface area contributed by atoms with Crippen LogP contribution in [-0.2, 0) is 4.79 Å². The van der Waals surface area contributed by atoms with Crippen molar-refractivity contribution in [2.45, 2.75) is 38.3 Å². The molecule has 0 saturated carbocycles. The van der Waals surface area contributed by atoms with Crippen LogP contribution in [0.1, 0.15) is 26.7 Å². The SMILES string of the molecule is CCC[C@@]1(C)NC(=O)N(C[C@H](O)COc2ccccc2)C1=O. The van der Waals surface area contributed by atoms with Crippen LogP contribution < -0.4 is 10.1 Å². The van der Waals surface area contributed by atoms with Crippen LogP contribution in [0.2, 0.25) is 0 Å². The molecule has 0 aromatic heterocycles. The first kappa shape index (κ1) is 16.3. The number of carbonyl (C=O) groups is 2. The molecule has 0 spiro atoms. The van der Waals surface area contributed by atoms with Crippen molar-refractivity contribution in [2.75, 3.05) is 13.2 Å². The van der Waals surface area contributed by atoms with Crippen LogP contribution in [0.25, 0.3) is 0 Å². The molecule has 3 amide bonds. The number of benzene rings is 1. The van der Waals surface area contributed by atoms with Crippen LogP contribution in [0.5, 0.6) is 5.75 Å². The van der Waals surface area contributed by atoms with E-state index in [4.69, 9.17) is 4.74 Å². The maximum atomic E-state index is 12.3. The molecule has 2 atom stereocenters. The Morgan fingerprint density at radius 1 is 1.32 bits per heavy atom. The van der Waals surface area contributed by atoms with E-state index >= 15 is 0 Å². The minimum Gasteiger partial charge on any atom is -0.491 e. The lowest BCUT2D eigenvalue weighted by Crippen LogP contribution is -2.44. The van der Waals surface area contributed by atoms with Gasteiger partial charge in [-0.2, -0.15) is 0 Å². The predicted octanol–water partition coefficient (Wildman–Crippen LogP) is 1.54. The predicted molar refractivity (Wildman–Crippen MR) is 81.5 cm³/mol. The fourth-order valence-electron chi connectivity index (χ4n) is 2.55. The molecule has 1 aromatic rings. The molecule has 0 radical (unpaired) electrons. The number of para-hydroxylation sites is 1. The molecule has 1 fully saturated rings. The average molecular weight is 306 g/mol. The van der Waals surface area contributed by atoms with Crippen LogP contribution in [0, 0.1) is 0 Å². The second-order valence-electron chi connectivity index (χ2n) is 5.71. The van der Waals surface area contributed by atoms with Gasteiger partial charge in [-0.3, -0.25) is 9.69 Å². The minimum atomic E-state index is -0.932. The fraction of sp³-hybridized carbons (Fsp3) is 0.500. The van der Waals surface area contributed by atoms with Crippen LogP contribution in [0.3, 0.4) is 0 Å². The van der Waals surface area contributed by atoms with Gasteiger partial charge in [0, 0.05) is 0 Å². The number of nitrogens with one attached hydrogen (secondary N) is 1. The van der Waals surface area contributed by atoms with Gasteiger partial charge < -0.3 is 15.2 Å². The van der Waals surface area contributed by atoms with Gasteiger partial charge in [-0.15, -0.1) is 0 Å². The zero-order valence-electron chi connectivity index (χ0n) is 12.9. The third-order valence-corrected chi connectivity index (χ3v) is 3.67. The first-order valence-electron chi connectivity index (χ1n) is 7.46. The summed E-state index contributed by atoms with van der Waals surface area (Å²) in [6.45, 7) is 3.61. The maximum Gasteiger partial charge on any atom is 0.325 e. The highest BCUT2D eigenvalue weighted by atomic mass is 16.5. The summed E-state index contributed by atoms with van der Waals surface area (Å²) in [6, 6.07) is 8.62. The Hall–Kier alpha value is -2.08. The molecule has 1 aliphatic heterocycles. The van der Waals surface area contributed by atoms with Gasteiger partial charge in [-0.05, 0) is 25.5 Å². The molecule has 1 saturated heterocycles. The molecule has 1 aromatic carbocycles. The lowest BCUT2D eigenvalue weighted by molar-refractivity contribution is -0.132. The van der Waals surface area contributed by atoms with E-state index < -0.39 is 17.7 Å². The molecular formula is C16H22N2O4. The lowest BCUT2D eigenvalue weighted by Gasteiger charge is -2.22. The van der Waals surface area contributed by atoms with Gasteiger partial charge in [0.15, 0.2) is 0 Å². The molecule has 0 aliphatic carbocycles. The Kier molecular flexibility index (Phi) is 5.03. The van der Waals surface area contributed by atoms with E-state index in [2.05, 4.69) is 5.32 Å². The monoisotopic (exact) mass is 306 g/mol. The second-order valence-corrected chi connectivity index (χ2v) is 5.71. The van der Waals surface area contributed by atoms with Gasteiger partial charge in [0.1, 0.15) is 24.0 Å². The number of ether oxygens (including phenoxy) is 1. The van der Waals surface area contributed by atoms with Crippen molar-refractivity contribution in [1.29, 1.82) is 0 Å². The van der Waals surface area contributed by atoms with E-state index in [1.807, 2.05) is 25.1 Å². The zero-order chi connectivity index (χ0) is 16.2. The average Bonchev–Trinajstić information content (AvgIpc) is 2.70. The van der Waals surface area contributed by atoms with Gasteiger partial charge in [0.05, 0.1) is 6.54 Å². The normalized spacial score (nSPS) is 22.6. The van der Waals surface area contributed by atoms with E-state index in [-0.39, 0.29) is 19.1 Å². The number of carbonyl (C=O) groups excluding carboxylic acids is 2. The Balaban J connectivity index is 1.90. The Labute approximate surface area is 130 Å². The molecule has 1 heterocycles. The smallest absolute Gasteiger partial charge is 0.325 e. The standard InChI is InChI=1S/C16H22N2O4/c1-3-9-16(2)14(20)18(15(21)17-16)10-12(19)11-22-13-7-5-4-6-8-13/h4-8,12,19H,3,9-11H2,1-2H3,(H,17,21)/t12-,16+/m0/s1. The molecule has 22 heavy (non-hydrogen) atoms. The maximum absolute atomic E-state index is 12.3. The van der Waals surface area contributed by atoms with E-state index in [0.29, 0.717) is 12.2 Å². The third-order valence-electron chi connectivity index (χ3n) is 3.67. The fourth-order valence-corrected chi connectivity index (χ4v) is 2.55. The number of β-amino-alcohol motifs (C(OH)–C–C–N with tert-alkyl or cyclic N) is 1. The zero-order valence-corrected chi connectivity index (χ0v) is 12.9. The van der Waals surface area contributed by atoms with Crippen LogP contribution in [-0.4, -0.2) is 46.7 Å². The van der Waals surface area contributed by atoms with E-state index in [1.54, 1.807) is 19.1 Å². The van der Waals surface area contributed by atoms with Crippen molar-refractivity contribution in [3.05, 3.63) is 30.3 Å². The topological polar surface area (TPSA) is 78.9 Å². The summed E-state index contributed by atoms with van der Waals surface area (Å²) in [5.74, 6) is 0.340. The van der Waals surface area contributed by atoms with Crippen molar-refractivity contribution in [1.82, 2.24) is 10.2 Å². The molecule has 2 N–H and O–H groups in total. The van der Waals surface area contributed by atoms with Gasteiger partial charge in [0.25, 0.3) is 5.91 Å². The first-order chi connectivity index (χ1) is 10.5. The van der Waals surface area contributed by atoms with Crippen molar-refractivity contribution in [3.8, 4) is 5.75 Å². The largest absolute Gasteiger partial charge is 0.491 e. The molecule has 6 heteroatoms. The summed E-state index contributed by atoms with van der Waals surface area (Å²) in [5.41, 5.74) is -0.869. The van der Waals surface area contributed by atoms with Gasteiger partial charge >= 0.3 is 6.03 Å². The summed E-state index contributed by atoms with van der Waals surface area (Å²) in [7, 11) is 0. The quantitative estimate of drug-likeness (QED) is 0.749. The summed E-state index contributed by atoms with van der Waals surface area (Å²) in [5, 5.41) is 12.7. The van der Waals surface area contributed by atoms with E-state index in [9.17, 15) is 14.7 Å². The number of hydrogen-bond donors (Lipinski definition) is 2. The highest BCUT2D eigenvalue weighted by Crippen LogP contribution is 2.22. The molecule has 0 unspecified atom stereocenters. The van der Waals surface area contributed by atoms with Crippen LogP contribution in [0.15, 0.2) is 30.3 Å². The van der Waals surface area contributed by atoms with Gasteiger partial charge in [-0.1, -0.05) is 31.5 Å². The molecule has 0 bridgehead atoms. The van der Waals surface area contributed by atoms with Gasteiger partial charge in [0.2, 0.25) is 0 Å². The molecule has 6 nitrogen and oxygen atoms in total. The van der Waals surface area contributed by atoms with Crippen molar-refractivity contribution in [3.63, 3.8) is 0 Å². The first-order valence-corrected chi connectivity index (χ1v) is 7.46. The van der Waals surface area contributed by atoms with Crippen molar-refractivity contribution >= 4 is 11.9 Å². The van der Waals surface area contributed by atoms with E-state index in [1.165, 1.54) is 0 Å². The molecule has 1 aliphatic rings. The molecule has 2 rings (SSSR count). The number of rotatable bonds is 7. The van der Waals surface area contributed by atoms with Crippen molar-refractivity contribution < 1.29 is 19.4 Å². The van der Waals surface area contributed by atoms with E-state index in [0.717, 1.165) is 11.3 Å². The number of amides is 3. The number of nitrogens with zero attached hydrogens (tertiary/aromatic N) is 1. The lowest BCUT2D eigenvalue weighted by atomic mass is 9.96. The van der Waals surface area contributed by atoms with Crippen LogP contribution >= 0.6 is 0 Å². The number of urea groups is 1. The minimum absolute atomic E-state index is 0.0194. The summed E-state index contributed by atoms with van der Waals surface area (Å²) in [6.07, 6.45) is 0.430. The Bertz CT molecular complexity index is 534. The number of aliphatic hydroxyl groups is 1. The summed E-state index contributed by atoms with van der Waals surface area (Å²) >= 11 is 0. The van der Waals surface area contributed by atoms with Crippen LogP contribution in [0.4, 0.5) is 4.79 Å². The highest BCUT2D eigenvalue weighted by molar-refractivity contribution is 6.06. The highest BCUT2D eigenvalue weighted by Gasteiger charge is 2.47. The molecule has 120 valence electrons. The Morgan fingerprint density at radius 3 is 2.64 bits per heavy atom. The third kappa shape index (κ3) is 3.57.